The van der Waals surface area contributed by atoms with E-state index in [1.807, 2.05) is 0 Å². The second kappa shape index (κ2) is 4.78. The minimum absolute atomic E-state index is 0.231. The van der Waals surface area contributed by atoms with Crippen LogP contribution in [-0.2, 0) is 11.2 Å². The maximum absolute atomic E-state index is 13.0. The quantitative estimate of drug-likeness (QED) is 0.849. The predicted octanol–water partition coefficient (Wildman–Crippen LogP) is 1.96. The van der Waals surface area contributed by atoms with Gasteiger partial charge in [0.25, 0.3) is 0 Å². The predicted molar refractivity (Wildman–Crippen MR) is 59.1 cm³/mol. The van der Waals surface area contributed by atoms with Gasteiger partial charge in [0, 0.05) is 11.9 Å². The fraction of sp³-hybridized carbons (Fsp3) is 0.167. The molecule has 0 aliphatic rings. The van der Waals surface area contributed by atoms with Crippen LogP contribution in [0.25, 0.3) is 0 Å². The van der Waals surface area contributed by atoms with E-state index >= 15 is 0 Å². The van der Waals surface area contributed by atoms with Gasteiger partial charge < -0.3 is 10.1 Å². The van der Waals surface area contributed by atoms with Crippen molar-refractivity contribution in [3.8, 4) is 0 Å². The largest absolute Gasteiger partial charge is 0.481 e. The number of carbonyl (C=O) groups is 1. The molecule has 88 valence electrons. The SMILES string of the molecule is O=C(O)C(Cc1cccc(F)c1)c1cnc[nH]1. The third-order valence-electron chi connectivity index (χ3n) is 2.52. The average Bonchev–Trinajstić information content (AvgIpc) is 2.78. The molecule has 4 nitrogen and oxygen atoms in total. The van der Waals surface area contributed by atoms with Gasteiger partial charge in [0.2, 0.25) is 0 Å². The molecule has 1 aromatic heterocycles. The minimum atomic E-state index is -0.960. The summed E-state index contributed by atoms with van der Waals surface area (Å²) in [5.74, 6) is -2.06. The first-order valence-corrected chi connectivity index (χ1v) is 5.12. The summed E-state index contributed by atoms with van der Waals surface area (Å²) in [4.78, 5) is 17.7. The van der Waals surface area contributed by atoms with E-state index in [9.17, 15) is 9.18 Å². The van der Waals surface area contributed by atoms with Crippen molar-refractivity contribution in [3.05, 3.63) is 53.9 Å². The molecule has 2 rings (SSSR count). The summed E-state index contributed by atoms with van der Waals surface area (Å²) in [6.07, 6.45) is 3.13. The number of nitrogens with one attached hydrogen (secondary N) is 1. The summed E-state index contributed by atoms with van der Waals surface area (Å²) < 4.78 is 13.0. The molecule has 0 saturated heterocycles. The van der Waals surface area contributed by atoms with E-state index in [4.69, 9.17) is 5.11 Å². The summed E-state index contributed by atoms with van der Waals surface area (Å²) in [5.41, 5.74) is 1.16. The van der Waals surface area contributed by atoms with Gasteiger partial charge in [0.1, 0.15) is 11.7 Å². The average molecular weight is 234 g/mol. The number of carboxylic acids is 1. The molecule has 0 fully saturated rings. The third-order valence-corrected chi connectivity index (χ3v) is 2.52. The number of hydrogen-bond acceptors (Lipinski definition) is 2. The number of aromatic amines is 1. The van der Waals surface area contributed by atoms with Crippen molar-refractivity contribution in [1.82, 2.24) is 9.97 Å². The van der Waals surface area contributed by atoms with Crippen molar-refractivity contribution in [3.63, 3.8) is 0 Å². The van der Waals surface area contributed by atoms with Gasteiger partial charge in [-0.3, -0.25) is 4.79 Å². The van der Waals surface area contributed by atoms with Gasteiger partial charge in [-0.2, -0.15) is 0 Å². The van der Waals surface area contributed by atoms with Crippen LogP contribution < -0.4 is 0 Å². The van der Waals surface area contributed by atoms with Crippen molar-refractivity contribution < 1.29 is 14.3 Å². The fourth-order valence-electron chi connectivity index (χ4n) is 1.69. The molecule has 0 bridgehead atoms. The Balaban J connectivity index is 2.22. The summed E-state index contributed by atoms with van der Waals surface area (Å²) in [7, 11) is 0. The molecule has 0 spiro atoms. The van der Waals surface area contributed by atoms with Gasteiger partial charge >= 0.3 is 5.97 Å². The van der Waals surface area contributed by atoms with E-state index in [1.165, 1.54) is 24.7 Å². The van der Waals surface area contributed by atoms with Crippen molar-refractivity contribution in [2.45, 2.75) is 12.3 Å². The van der Waals surface area contributed by atoms with Crippen LogP contribution >= 0.6 is 0 Å². The molecule has 0 radical (unpaired) electrons. The standard InChI is InChI=1S/C12H11FN2O2/c13-9-3-1-2-8(4-9)5-10(12(16)17)11-6-14-7-15-11/h1-4,6-7,10H,5H2,(H,14,15)(H,16,17). The Hall–Kier alpha value is -2.17. The lowest BCUT2D eigenvalue weighted by Crippen LogP contribution is -2.14. The first kappa shape index (κ1) is 11.3. The Morgan fingerprint density at radius 3 is 2.94 bits per heavy atom. The first-order valence-electron chi connectivity index (χ1n) is 5.12. The van der Waals surface area contributed by atoms with Gasteiger partial charge in [-0.25, -0.2) is 9.37 Å². The molecular formula is C12H11FN2O2. The van der Waals surface area contributed by atoms with Crippen molar-refractivity contribution >= 4 is 5.97 Å². The lowest BCUT2D eigenvalue weighted by atomic mass is 9.97. The van der Waals surface area contributed by atoms with Gasteiger partial charge in [-0.15, -0.1) is 0 Å². The highest BCUT2D eigenvalue weighted by Gasteiger charge is 2.21. The summed E-state index contributed by atoms with van der Waals surface area (Å²) >= 11 is 0. The minimum Gasteiger partial charge on any atom is -0.481 e. The fourth-order valence-corrected chi connectivity index (χ4v) is 1.69. The zero-order valence-corrected chi connectivity index (χ0v) is 8.93. The Morgan fingerprint density at radius 1 is 1.53 bits per heavy atom. The van der Waals surface area contributed by atoms with E-state index in [-0.39, 0.29) is 12.2 Å². The van der Waals surface area contributed by atoms with E-state index < -0.39 is 11.9 Å². The highest BCUT2D eigenvalue weighted by molar-refractivity contribution is 5.75. The number of aliphatic carboxylic acids is 1. The normalized spacial score (nSPS) is 12.3. The Labute approximate surface area is 97.1 Å². The van der Waals surface area contributed by atoms with Crippen molar-refractivity contribution in [2.75, 3.05) is 0 Å². The number of imidazole rings is 1. The van der Waals surface area contributed by atoms with Gasteiger partial charge in [0.05, 0.1) is 6.33 Å². The first-order chi connectivity index (χ1) is 8.16. The lowest BCUT2D eigenvalue weighted by Gasteiger charge is -2.10. The zero-order chi connectivity index (χ0) is 12.3. The van der Waals surface area contributed by atoms with Crippen LogP contribution in [0, 0.1) is 5.82 Å². The van der Waals surface area contributed by atoms with E-state index in [1.54, 1.807) is 12.1 Å². The van der Waals surface area contributed by atoms with Crippen molar-refractivity contribution in [2.24, 2.45) is 0 Å². The second-order valence-corrected chi connectivity index (χ2v) is 3.73. The number of benzene rings is 1. The highest BCUT2D eigenvalue weighted by Crippen LogP contribution is 2.19. The third kappa shape index (κ3) is 2.69. The van der Waals surface area contributed by atoms with E-state index in [2.05, 4.69) is 9.97 Å². The number of H-pyrrole nitrogens is 1. The number of halogens is 1. The molecule has 1 unspecified atom stereocenters. The van der Waals surface area contributed by atoms with Crippen LogP contribution in [0.5, 0.6) is 0 Å². The van der Waals surface area contributed by atoms with Crippen LogP contribution in [-0.4, -0.2) is 21.0 Å². The summed E-state index contributed by atoms with van der Waals surface area (Å²) in [6, 6.07) is 5.94. The second-order valence-electron chi connectivity index (χ2n) is 3.73. The molecule has 0 amide bonds. The molecular weight excluding hydrogens is 223 g/mol. The Bertz CT molecular complexity index is 511. The maximum atomic E-state index is 13.0. The number of nitrogens with zero attached hydrogens (tertiary/aromatic N) is 1. The van der Waals surface area contributed by atoms with Gasteiger partial charge in [0.15, 0.2) is 0 Å². The number of carboxylic acid groups (broad SMARTS) is 1. The van der Waals surface area contributed by atoms with Crippen LogP contribution in [0.4, 0.5) is 4.39 Å². The molecule has 17 heavy (non-hydrogen) atoms. The van der Waals surface area contributed by atoms with E-state index in [0.29, 0.717) is 11.3 Å². The van der Waals surface area contributed by atoms with Crippen LogP contribution in [0.15, 0.2) is 36.8 Å². The van der Waals surface area contributed by atoms with Gasteiger partial charge in [-0.1, -0.05) is 12.1 Å². The number of aromatic nitrogens is 2. The van der Waals surface area contributed by atoms with Gasteiger partial charge in [-0.05, 0) is 24.1 Å². The topological polar surface area (TPSA) is 66.0 Å². The molecule has 1 heterocycles. The summed E-state index contributed by atoms with van der Waals surface area (Å²) in [5, 5.41) is 9.13. The Kier molecular flexibility index (Phi) is 3.18. The molecule has 5 heteroatoms. The van der Waals surface area contributed by atoms with Crippen molar-refractivity contribution in [1.29, 1.82) is 0 Å². The van der Waals surface area contributed by atoms with E-state index in [0.717, 1.165) is 0 Å². The molecule has 1 aromatic carbocycles. The lowest BCUT2D eigenvalue weighted by molar-refractivity contribution is -0.138. The monoisotopic (exact) mass is 234 g/mol. The maximum Gasteiger partial charge on any atom is 0.312 e. The molecule has 0 aliphatic carbocycles. The number of hydrogen-bond donors (Lipinski definition) is 2. The molecule has 0 aliphatic heterocycles. The smallest absolute Gasteiger partial charge is 0.312 e. The molecule has 1 atom stereocenters. The van der Waals surface area contributed by atoms with Crippen LogP contribution in [0.1, 0.15) is 17.2 Å². The Morgan fingerprint density at radius 2 is 2.35 bits per heavy atom. The summed E-state index contributed by atoms with van der Waals surface area (Å²) in [6.45, 7) is 0. The molecule has 0 saturated carbocycles. The molecule has 2 N–H and O–H groups in total. The zero-order valence-electron chi connectivity index (χ0n) is 8.93. The molecule has 2 aromatic rings. The highest BCUT2D eigenvalue weighted by atomic mass is 19.1. The van der Waals surface area contributed by atoms with Crippen LogP contribution in [0.3, 0.4) is 0 Å². The van der Waals surface area contributed by atoms with Crippen LogP contribution in [0.2, 0.25) is 0 Å². The number of rotatable bonds is 4.